The van der Waals surface area contributed by atoms with Crippen LogP contribution in [0.1, 0.15) is 33.1 Å². The quantitative estimate of drug-likeness (QED) is 0.724. The zero-order valence-corrected chi connectivity index (χ0v) is 11.8. The molecule has 1 aromatic rings. The first-order valence-electron chi connectivity index (χ1n) is 5.99. The van der Waals surface area contributed by atoms with Crippen LogP contribution in [0, 0.1) is 5.92 Å². The Morgan fingerprint density at radius 1 is 1.44 bits per heavy atom. The Kier molecular flexibility index (Phi) is 6.14. The first kappa shape index (κ1) is 15.0. The number of hydrogen-bond donors (Lipinski definition) is 2. The molecule has 0 spiro atoms. The van der Waals surface area contributed by atoms with E-state index in [-0.39, 0.29) is 17.7 Å². The van der Waals surface area contributed by atoms with Gasteiger partial charge < -0.3 is 15.5 Å². The number of nitrogens with one attached hydrogen (secondary N) is 1. The van der Waals surface area contributed by atoms with Crippen LogP contribution < -0.4 is 11.1 Å². The summed E-state index contributed by atoms with van der Waals surface area (Å²) in [5, 5.41) is 10.5. The normalized spacial score (nSPS) is 12.7. The summed E-state index contributed by atoms with van der Waals surface area (Å²) in [6.45, 7) is 6.96. The van der Waals surface area contributed by atoms with Gasteiger partial charge in [0.1, 0.15) is 0 Å². The molecular weight excluding hydrogens is 252 g/mol. The molecule has 0 bridgehead atoms. The molecule has 0 aliphatic heterocycles. The van der Waals surface area contributed by atoms with Crippen LogP contribution in [0.25, 0.3) is 0 Å². The third kappa shape index (κ3) is 5.05. The highest BCUT2D eigenvalue weighted by molar-refractivity contribution is 8.00. The van der Waals surface area contributed by atoms with Gasteiger partial charge in [0.15, 0.2) is 0 Å². The smallest absolute Gasteiger partial charge is 0.277 e. The third-order valence-electron chi connectivity index (χ3n) is 2.29. The van der Waals surface area contributed by atoms with Gasteiger partial charge in [0, 0.05) is 6.54 Å². The largest absolute Gasteiger partial charge is 0.415 e. The number of aromatic nitrogens is 2. The summed E-state index contributed by atoms with van der Waals surface area (Å²) in [7, 11) is 0. The zero-order valence-electron chi connectivity index (χ0n) is 11.0. The highest BCUT2D eigenvalue weighted by atomic mass is 32.2. The molecule has 1 atom stereocenters. The fourth-order valence-electron chi connectivity index (χ4n) is 1.20. The molecule has 18 heavy (non-hydrogen) atoms. The van der Waals surface area contributed by atoms with Gasteiger partial charge in [-0.2, -0.15) is 0 Å². The van der Waals surface area contributed by atoms with Crippen molar-refractivity contribution in [3.8, 4) is 0 Å². The molecule has 0 saturated carbocycles. The number of nitrogens with zero attached hydrogens (tertiary/aromatic N) is 2. The van der Waals surface area contributed by atoms with Gasteiger partial charge >= 0.3 is 0 Å². The summed E-state index contributed by atoms with van der Waals surface area (Å²) in [5.74, 6) is 0.939. The average Bonchev–Trinajstić information content (AvgIpc) is 2.76. The number of thioether (sulfide) groups is 1. The topological polar surface area (TPSA) is 94.0 Å². The van der Waals surface area contributed by atoms with E-state index in [0.717, 1.165) is 6.42 Å². The second-order valence-corrected chi connectivity index (χ2v) is 5.69. The monoisotopic (exact) mass is 272 g/mol. The van der Waals surface area contributed by atoms with Gasteiger partial charge in [-0.25, -0.2) is 0 Å². The van der Waals surface area contributed by atoms with Crippen molar-refractivity contribution in [2.75, 3.05) is 6.54 Å². The van der Waals surface area contributed by atoms with Gasteiger partial charge in [-0.15, -0.1) is 10.2 Å². The number of carbonyl (C=O) groups excluding carboxylic acids is 1. The van der Waals surface area contributed by atoms with Gasteiger partial charge in [-0.1, -0.05) is 25.6 Å². The Balaban J connectivity index is 2.35. The van der Waals surface area contributed by atoms with Crippen molar-refractivity contribution in [2.24, 2.45) is 11.7 Å². The van der Waals surface area contributed by atoms with Gasteiger partial charge in [0.05, 0.1) is 11.8 Å². The van der Waals surface area contributed by atoms with E-state index >= 15 is 0 Å². The van der Waals surface area contributed by atoms with E-state index in [4.69, 9.17) is 10.2 Å². The fraction of sp³-hybridized carbons (Fsp3) is 0.727. The Labute approximate surface area is 111 Å². The summed E-state index contributed by atoms with van der Waals surface area (Å²) in [6.07, 6.45) is 0.973. The molecule has 1 aromatic heterocycles. The number of rotatable bonds is 7. The lowest BCUT2D eigenvalue weighted by atomic mass is 10.1. The predicted molar refractivity (Wildman–Crippen MR) is 70.0 cm³/mol. The lowest BCUT2D eigenvalue weighted by molar-refractivity contribution is -0.120. The molecule has 6 nitrogen and oxygen atoms in total. The number of carbonyl (C=O) groups is 1. The second kappa shape index (κ2) is 7.38. The highest BCUT2D eigenvalue weighted by Gasteiger charge is 2.17. The van der Waals surface area contributed by atoms with E-state index in [9.17, 15) is 4.79 Å². The van der Waals surface area contributed by atoms with Crippen LogP contribution in [0.4, 0.5) is 0 Å². The van der Waals surface area contributed by atoms with Crippen LogP contribution in [-0.2, 0) is 11.3 Å². The molecule has 0 aliphatic rings. The van der Waals surface area contributed by atoms with Crippen molar-refractivity contribution in [3.05, 3.63) is 5.89 Å². The Morgan fingerprint density at radius 3 is 2.72 bits per heavy atom. The second-order valence-electron chi connectivity index (χ2n) is 4.40. The molecular formula is C11H20N4O2S. The summed E-state index contributed by atoms with van der Waals surface area (Å²) in [4.78, 5) is 11.8. The first-order chi connectivity index (χ1) is 8.52. The summed E-state index contributed by atoms with van der Waals surface area (Å²) in [6, 6.07) is 0. The Hall–Kier alpha value is -1.08. The molecule has 1 unspecified atom stereocenters. The van der Waals surface area contributed by atoms with Gasteiger partial charge in [-0.3, -0.25) is 4.79 Å². The highest BCUT2D eigenvalue weighted by Crippen LogP contribution is 2.21. The zero-order chi connectivity index (χ0) is 13.5. The molecule has 102 valence electrons. The minimum Gasteiger partial charge on any atom is -0.415 e. The predicted octanol–water partition coefficient (Wildman–Crippen LogP) is 1.17. The average molecular weight is 272 g/mol. The van der Waals surface area contributed by atoms with E-state index in [0.29, 0.717) is 23.6 Å². The fourth-order valence-corrected chi connectivity index (χ4v) is 1.93. The molecule has 7 heteroatoms. The van der Waals surface area contributed by atoms with Crippen LogP contribution in [0.2, 0.25) is 0 Å². The SMILES string of the molecule is CC(C)CCNC(=O)C(C)Sc1nnc(CN)o1. The number of amides is 1. The lowest BCUT2D eigenvalue weighted by Gasteiger charge is -2.10. The molecule has 1 rings (SSSR count). The van der Waals surface area contributed by atoms with Gasteiger partial charge in [0.2, 0.25) is 11.8 Å². The first-order valence-corrected chi connectivity index (χ1v) is 6.87. The number of nitrogens with two attached hydrogens (primary N) is 1. The summed E-state index contributed by atoms with van der Waals surface area (Å²) >= 11 is 1.24. The van der Waals surface area contributed by atoms with Crippen LogP contribution in [0.3, 0.4) is 0 Å². The molecule has 0 aromatic carbocycles. The molecule has 0 saturated heterocycles. The molecule has 1 heterocycles. The van der Waals surface area contributed by atoms with Gasteiger partial charge in [-0.05, 0) is 19.3 Å². The molecule has 0 fully saturated rings. The maximum absolute atomic E-state index is 11.8. The molecule has 0 radical (unpaired) electrons. The van der Waals surface area contributed by atoms with Crippen LogP contribution >= 0.6 is 11.8 Å². The van der Waals surface area contributed by atoms with E-state index in [2.05, 4.69) is 29.4 Å². The van der Waals surface area contributed by atoms with Crippen LogP contribution in [0.15, 0.2) is 9.64 Å². The van der Waals surface area contributed by atoms with E-state index in [1.54, 1.807) is 0 Å². The van der Waals surface area contributed by atoms with Crippen LogP contribution in [-0.4, -0.2) is 27.9 Å². The summed E-state index contributed by atoms with van der Waals surface area (Å²) in [5.41, 5.74) is 5.36. The van der Waals surface area contributed by atoms with E-state index in [1.165, 1.54) is 11.8 Å². The van der Waals surface area contributed by atoms with Crippen molar-refractivity contribution >= 4 is 17.7 Å². The minimum atomic E-state index is -0.261. The van der Waals surface area contributed by atoms with Gasteiger partial charge in [0.25, 0.3) is 5.22 Å². The van der Waals surface area contributed by atoms with E-state index in [1.807, 2.05) is 6.92 Å². The lowest BCUT2D eigenvalue weighted by Crippen LogP contribution is -2.32. The Bertz CT molecular complexity index is 381. The van der Waals surface area contributed by atoms with Crippen molar-refractivity contribution in [1.82, 2.24) is 15.5 Å². The Morgan fingerprint density at radius 2 is 2.17 bits per heavy atom. The molecule has 3 N–H and O–H groups in total. The van der Waals surface area contributed by atoms with Crippen molar-refractivity contribution in [1.29, 1.82) is 0 Å². The number of hydrogen-bond acceptors (Lipinski definition) is 6. The van der Waals surface area contributed by atoms with Crippen molar-refractivity contribution in [3.63, 3.8) is 0 Å². The third-order valence-corrected chi connectivity index (χ3v) is 3.22. The summed E-state index contributed by atoms with van der Waals surface area (Å²) < 4.78 is 5.23. The van der Waals surface area contributed by atoms with Crippen molar-refractivity contribution < 1.29 is 9.21 Å². The maximum atomic E-state index is 11.8. The van der Waals surface area contributed by atoms with Crippen LogP contribution in [0.5, 0.6) is 0 Å². The minimum absolute atomic E-state index is 0.0202. The van der Waals surface area contributed by atoms with Crippen molar-refractivity contribution in [2.45, 2.75) is 44.2 Å². The van der Waals surface area contributed by atoms with E-state index < -0.39 is 0 Å². The molecule has 1 amide bonds. The molecule has 0 aliphatic carbocycles. The maximum Gasteiger partial charge on any atom is 0.277 e. The standard InChI is InChI=1S/C11H20N4O2S/c1-7(2)4-5-13-10(16)8(3)18-11-15-14-9(6-12)17-11/h7-8H,4-6,12H2,1-3H3,(H,13,16).